The van der Waals surface area contributed by atoms with Crippen LogP contribution in [0, 0.1) is 32.1 Å². The highest BCUT2D eigenvalue weighted by atomic mass is 79.9. The highest BCUT2D eigenvalue weighted by molar-refractivity contribution is 9.10. The molecule has 0 spiro atoms. The van der Waals surface area contributed by atoms with E-state index in [0.29, 0.717) is 21.5 Å². The van der Waals surface area contributed by atoms with Gasteiger partial charge in [0.15, 0.2) is 5.82 Å². The van der Waals surface area contributed by atoms with Gasteiger partial charge in [0.2, 0.25) is 11.8 Å². The van der Waals surface area contributed by atoms with Crippen LogP contribution in [0.25, 0.3) is 0 Å². The molecular formula is C21H19BrN6O2. The third kappa shape index (κ3) is 4.85. The monoisotopic (exact) mass is 466 g/mol. The Hall–Kier alpha value is -3.64. The zero-order valence-electron chi connectivity index (χ0n) is 16.6. The van der Waals surface area contributed by atoms with Gasteiger partial charge in [0, 0.05) is 11.4 Å². The molecule has 1 aromatic heterocycles. The standard InChI is InChI=1S/C21H19BrN6O2/c1-11-8-12(2)17(13(3)9-11)26-18-16(22)19(30-20(24)29)28-21(27-18)25-15-6-4-14(10-23)5-7-15/h4-9H,1-3H3,(H2,24,29)(H2,25,26,27,28). The number of rotatable bonds is 5. The number of aromatic nitrogens is 2. The van der Waals surface area contributed by atoms with E-state index < -0.39 is 6.09 Å². The molecule has 2 aromatic carbocycles. The molecule has 1 amide bonds. The zero-order valence-corrected chi connectivity index (χ0v) is 18.2. The summed E-state index contributed by atoms with van der Waals surface area (Å²) in [5.41, 5.74) is 10.5. The number of nitriles is 1. The van der Waals surface area contributed by atoms with Gasteiger partial charge in [-0.25, -0.2) is 4.79 Å². The van der Waals surface area contributed by atoms with Crippen molar-refractivity contribution in [1.82, 2.24) is 9.97 Å². The molecular weight excluding hydrogens is 448 g/mol. The van der Waals surface area contributed by atoms with E-state index in [1.165, 1.54) is 0 Å². The van der Waals surface area contributed by atoms with Crippen molar-refractivity contribution >= 4 is 45.2 Å². The number of hydrogen-bond acceptors (Lipinski definition) is 7. The van der Waals surface area contributed by atoms with Crippen molar-refractivity contribution < 1.29 is 9.53 Å². The highest BCUT2D eigenvalue weighted by Crippen LogP contribution is 2.35. The number of carbonyl (C=O) groups excluding carboxylic acids is 1. The molecule has 3 aromatic rings. The number of nitrogens with one attached hydrogen (secondary N) is 2. The van der Waals surface area contributed by atoms with Crippen molar-refractivity contribution in [3.63, 3.8) is 0 Å². The normalized spacial score (nSPS) is 10.2. The number of nitrogens with zero attached hydrogens (tertiary/aromatic N) is 3. The first kappa shape index (κ1) is 21.1. The molecule has 8 nitrogen and oxygen atoms in total. The Morgan fingerprint density at radius 2 is 1.73 bits per heavy atom. The summed E-state index contributed by atoms with van der Waals surface area (Å²) in [5, 5.41) is 15.3. The van der Waals surface area contributed by atoms with Gasteiger partial charge in [-0.2, -0.15) is 15.2 Å². The van der Waals surface area contributed by atoms with Gasteiger partial charge in [0.05, 0.1) is 11.6 Å². The first-order valence-electron chi connectivity index (χ1n) is 8.93. The molecule has 0 aliphatic carbocycles. The predicted molar refractivity (Wildman–Crippen MR) is 118 cm³/mol. The van der Waals surface area contributed by atoms with Gasteiger partial charge in [-0.3, -0.25) is 0 Å². The van der Waals surface area contributed by atoms with Gasteiger partial charge in [-0.15, -0.1) is 0 Å². The van der Waals surface area contributed by atoms with E-state index in [-0.39, 0.29) is 11.8 Å². The fourth-order valence-corrected chi connectivity index (χ4v) is 3.34. The molecule has 9 heteroatoms. The van der Waals surface area contributed by atoms with E-state index in [4.69, 9.17) is 15.7 Å². The number of ether oxygens (including phenoxy) is 1. The van der Waals surface area contributed by atoms with E-state index in [1.54, 1.807) is 24.3 Å². The van der Waals surface area contributed by atoms with Crippen LogP contribution in [0.5, 0.6) is 5.88 Å². The number of primary amides is 1. The number of nitrogens with two attached hydrogens (primary N) is 1. The molecule has 0 saturated heterocycles. The lowest BCUT2D eigenvalue weighted by atomic mass is 10.1. The molecule has 1 heterocycles. The van der Waals surface area contributed by atoms with Crippen LogP contribution in [-0.4, -0.2) is 16.1 Å². The summed E-state index contributed by atoms with van der Waals surface area (Å²) < 4.78 is 5.39. The van der Waals surface area contributed by atoms with Gasteiger partial charge in [-0.05, 0) is 72.1 Å². The van der Waals surface area contributed by atoms with Crippen molar-refractivity contribution in [2.24, 2.45) is 5.73 Å². The van der Waals surface area contributed by atoms with Gasteiger partial charge < -0.3 is 21.1 Å². The van der Waals surface area contributed by atoms with Crippen molar-refractivity contribution in [3.8, 4) is 11.9 Å². The summed E-state index contributed by atoms with van der Waals surface area (Å²) in [6, 6.07) is 13.0. The van der Waals surface area contributed by atoms with Gasteiger partial charge in [0.1, 0.15) is 4.47 Å². The smallest absolute Gasteiger partial charge is 0.390 e. The van der Waals surface area contributed by atoms with Gasteiger partial charge >= 0.3 is 6.09 Å². The lowest BCUT2D eigenvalue weighted by Crippen LogP contribution is -2.18. The highest BCUT2D eigenvalue weighted by Gasteiger charge is 2.17. The third-order valence-corrected chi connectivity index (χ3v) is 4.92. The molecule has 0 fully saturated rings. The van der Waals surface area contributed by atoms with Crippen LogP contribution in [0.3, 0.4) is 0 Å². The minimum absolute atomic E-state index is 0.0291. The Kier molecular flexibility index (Phi) is 6.18. The molecule has 0 unspecified atom stereocenters. The van der Waals surface area contributed by atoms with Crippen LogP contribution in [0.4, 0.5) is 27.9 Å². The predicted octanol–water partition coefficient (Wildman–Crippen LogP) is 4.98. The maximum absolute atomic E-state index is 11.3. The summed E-state index contributed by atoms with van der Waals surface area (Å²) in [4.78, 5) is 20.0. The fourth-order valence-electron chi connectivity index (χ4n) is 2.98. The van der Waals surface area contributed by atoms with Crippen LogP contribution in [0.2, 0.25) is 0 Å². The molecule has 0 atom stereocenters. The summed E-state index contributed by atoms with van der Waals surface area (Å²) in [6.45, 7) is 6.02. The number of carbonyl (C=O) groups is 1. The minimum Gasteiger partial charge on any atom is -0.390 e. The Balaban J connectivity index is 2.02. The molecule has 30 heavy (non-hydrogen) atoms. The molecule has 0 saturated carbocycles. The zero-order chi connectivity index (χ0) is 21.8. The summed E-state index contributed by atoms with van der Waals surface area (Å²) in [7, 11) is 0. The fraction of sp³-hybridized carbons (Fsp3) is 0.143. The number of benzene rings is 2. The molecule has 152 valence electrons. The number of aryl methyl sites for hydroxylation is 3. The molecule has 3 rings (SSSR count). The van der Waals surface area contributed by atoms with Crippen LogP contribution in [0.1, 0.15) is 22.3 Å². The Morgan fingerprint density at radius 1 is 1.10 bits per heavy atom. The van der Waals surface area contributed by atoms with Gasteiger partial charge in [0.25, 0.3) is 0 Å². The average Bonchev–Trinajstić information content (AvgIpc) is 2.68. The summed E-state index contributed by atoms with van der Waals surface area (Å²) >= 11 is 3.39. The maximum atomic E-state index is 11.3. The van der Waals surface area contributed by atoms with E-state index in [2.05, 4.69) is 54.7 Å². The van der Waals surface area contributed by atoms with E-state index >= 15 is 0 Å². The van der Waals surface area contributed by atoms with E-state index in [1.807, 2.05) is 20.8 Å². The summed E-state index contributed by atoms with van der Waals surface area (Å²) in [6.07, 6.45) is -0.993. The van der Waals surface area contributed by atoms with E-state index in [9.17, 15) is 4.79 Å². The maximum Gasteiger partial charge on any atom is 0.411 e. The second-order valence-corrected chi connectivity index (χ2v) is 7.44. The second kappa shape index (κ2) is 8.80. The van der Waals surface area contributed by atoms with Crippen molar-refractivity contribution in [2.75, 3.05) is 10.6 Å². The SMILES string of the molecule is Cc1cc(C)c(Nc2nc(Nc3ccc(C#N)cc3)nc(OC(N)=O)c2Br)c(C)c1. The molecule has 4 N–H and O–H groups in total. The molecule has 0 radical (unpaired) electrons. The Morgan fingerprint density at radius 3 is 2.30 bits per heavy atom. The van der Waals surface area contributed by atoms with Crippen molar-refractivity contribution in [2.45, 2.75) is 20.8 Å². The quantitative estimate of drug-likeness (QED) is 0.483. The van der Waals surface area contributed by atoms with Gasteiger partial charge in [-0.1, -0.05) is 17.7 Å². The Labute approximate surface area is 182 Å². The largest absolute Gasteiger partial charge is 0.411 e. The van der Waals surface area contributed by atoms with Crippen molar-refractivity contribution in [1.29, 1.82) is 5.26 Å². The van der Waals surface area contributed by atoms with E-state index in [0.717, 1.165) is 22.4 Å². The molecule has 0 aliphatic rings. The lowest BCUT2D eigenvalue weighted by molar-refractivity contribution is 0.208. The second-order valence-electron chi connectivity index (χ2n) is 6.65. The average molecular weight is 467 g/mol. The summed E-state index contributed by atoms with van der Waals surface area (Å²) in [5.74, 6) is 0.551. The van der Waals surface area contributed by atoms with Crippen LogP contribution in [0.15, 0.2) is 40.9 Å². The first-order valence-corrected chi connectivity index (χ1v) is 9.73. The van der Waals surface area contributed by atoms with Crippen molar-refractivity contribution in [3.05, 3.63) is 63.1 Å². The number of anilines is 4. The lowest BCUT2D eigenvalue weighted by Gasteiger charge is -2.16. The first-order chi connectivity index (χ1) is 14.3. The van der Waals surface area contributed by atoms with Crippen LogP contribution in [-0.2, 0) is 0 Å². The Bertz CT molecular complexity index is 1130. The number of hydrogen-bond donors (Lipinski definition) is 3. The number of amides is 1. The molecule has 0 bridgehead atoms. The third-order valence-electron chi connectivity index (χ3n) is 4.21. The number of halogens is 1. The topological polar surface area (TPSA) is 126 Å². The molecule has 0 aliphatic heterocycles. The van der Waals surface area contributed by atoms with Crippen LogP contribution < -0.4 is 21.1 Å². The minimum atomic E-state index is -0.993. The van der Waals surface area contributed by atoms with Crippen LogP contribution >= 0.6 is 15.9 Å².